The number of terminal acetylenes is 1. The Balaban J connectivity index is 1.86. The van der Waals surface area contributed by atoms with Gasteiger partial charge >= 0.3 is 0 Å². The van der Waals surface area contributed by atoms with E-state index in [1.165, 1.54) is 5.56 Å². The highest BCUT2D eigenvalue weighted by molar-refractivity contribution is 5.53. The molecule has 1 N–H and O–H groups in total. The lowest BCUT2D eigenvalue weighted by molar-refractivity contribution is -0.156. The van der Waals surface area contributed by atoms with Crippen LogP contribution in [0.3, 0.4) is 0 Å². The lowest BCUT2D eigenvalue weighted by atomic mass is 9.87. The van der Waals surface area contributed by atoms with Gasteiger partial charge in [-0.05, 0) is 51.0 Å². The van der Waals surface area contributed by atoms with Crippen LogP contribution in [0.25, 0.3) is 0 Å². The fourth-order valence-corrected chi connectivity index (χ4v) is 3.60. The molecule has 4 nitrogen and oxygen atoms in total. The SMILES string of the molecule is C#CCOC1C(OCCc2ccccc2)c2cc(NCC)ccc2OC1(C)C. The van der Waals surface area contributed by atoms with Crippen LogP contribution in [0, 0.1) is 12.3 Å². The number of anilines is 1. The average molecular weight is 380 g/mol. The molecule has 28 heavy (non-hydrogen) atoms. The third-order valence-electron chi connectivity index (χ3n) is 4.91. The molecule has 2 aromatic carbocycles. The summed E-state index contributed by atoms with van der Waals surface area (Å²) in [5.41, 5.74) is 2.72. The Hall–Kier alpha value is -2.48. The first kappa shape index (κ1) is 20.3. The topological polar surface area (TPSA) is 39.7 Å². The Morgan fingerprint density at radius 3 is 2.64 bits per heavy atom. The van der Waals surface area contributed by atoms with E-state index in [-0.39, 0.29) is 18.8 Å². The van der Waals surface area contributed by atoms with Gasteiger partial charge in [0, 0.05) is 17.8 Å². The summed E-state index contributed by atoms with van der Waals surface area (Å²) >= 11 is 0. The van der Waals surface area contributed by atoms with Gasteiger partial charge in [-0.2, -0.15) is 0 Å². The van der Waals surface area contributed by atoms with Crippen molar-refractivity contribution in [3.8, 4) is 18.1 Å². The van der Waals surface area contributed by atoms with Crippen molar-refractivity contribution in [1.29, 1.82) is 0 Å². The van der Waals surface area contributed by atoms with Crippen molar-refractivity contribution < 1.29 is 14.2 Å². The Bertz CT molecular complexity index is 810. The van der Waals surface area contributed by atoms with Gasteiger partial charge in [-0.3, -0.25) is 0 Å². The lowest BCUT2D eigenvalue weighted by Gasteiger charge is -2.44. The van der Waals surface area contributed by atoms with Gasteiger partial charge in [0.05, 0.1) is 6.61 Å². The minimum atomic E-state index is -0.555. The molecular weight excluding hydrogens is 350 g/mol. The molecule has 0 saturated heterocycles. The van der Waals surface area contributed by atoms with E-state index in [2.05, 4.69) is 36.4 Å². The van der Waals surface area contributed by atoms with E-state index < -0.39 is 5.60 Å². The van der Waals surface area contributed by atoms with E-state index in [4.69, 9.17) is 20.6 Å². The highest BCUT2D eigenvalue weighted by Crippen LogP contribution is 2.44. The van der Waals surface area contributed by atoms with Crippen LogP contribution in [0.1, 0.15) is 38.0 Å². The summed E-state index contributed by atoms with van der Waals surface area (Å²) in [5.74, 6) is 3.40. The van der Waals surface area contributed by atoms with E-state index in [1.54, 1.807) is 0 Å². The number of hydrogen-bond donors (Lipinski definition) is 1. The number of benzene rings is 2. The van der Waals surface area contributed by atoms with Crippen molar-refractivity contribution in [3.63, 3.8) is 0 Å². The third-order valence-corrected chi connectivity index (χ3v) is 4.91. The quantitative estimate of drug-likeness (QED) is 0.680. The van der Waals surface area contributed by atoms with Gasteiger partial charge in [0.2, 0.25) is 0 Å². The van der Waals surface area contributed by atoms with Gasteiger partial charge in [-0.15, -0.1) is 6.42 Å². The first-order valence-electron chi connectivity index (χ1n) is 9.82. The average Bonchev–Trinajstić information content (AvgIpc) is 2.68. The van der Waals surface area contributed by atoms with Gasteiger partial charge in [0.25, 0.3) is 0 Å². The zero-order chi connectivity index (χ0) is 20.0. The third kappa shape index (κ3) is 4.67. The van der Waals surface area contributed by atoms with Gasteiger partial charge in [-0.25, -0.2) is 0 Å². The summed E-state index contributed by atoms with van der Waals surface area (Å²) in [6.07, 6.45) is 5.73. The normalized spacial score (nSPS) is 19.9. The molecule has 0 fully saturated rings. The standard InChI is InChI=1S/C24H29NO3/c1-5-15-27-23-22(26-16-14-18-10-8-7-9-11-18)20-17-19(25-6-2)12-13-21(20)28-24(23,3)4/h1,7-13,17,22-23,25H,6,14-16H2,2-4H3. The fourth-order valence-electron chi connectivity index (χ4n) is 3.60. The Kier molecular flexibility index (Phi) is 6.61. The predicted octanol–water partition coefficient (Wildman–Crippen LogP) is 4.61. The molecule has 4 heteroatoms. The molecule has 0 saturated carbocycles. The minimum Gasteiger partial charge on any atom is -0.485 e. The first-order valence-corrected chi connectivity index (χ1v) is 9.82. The van der Waals surface area contributed by atoms with Gasteiger partial charge in [-0.1, -0.05) is 36.3 Å². The largest absolute Gasteiger partial charge is 0.485 e. The zero-order valence-electron chi connectivity index (χ0n) is 16.9. The van der Waals surface area contributed by atoms with E-state index in [0.717, 1.165) is 30.0 Å². The maximum atomic E-state index is 6.39. The molecule has 1 heterocycles. The van der Waals surface area contributed by atoms with Crippen molar-refractivity contribution in [2.45, 2.75) is 45.0 Å². The van der Waals surface area contributed by atoms with E-state index in [9.17, 15) is 0 Å². The molecule has 0 amide bonds. The monoisotopic (exact) mass is 379 g/mol. The summed E-state index contributed by atoms with van der Waals surface area (Å²) < 4.78 is 18.7. The van der Waals surface area contributed by atoms with E-state index >= 15 is 0 Å². The Morgan fingerprint density at radius 1 is 1.14 bits per heavy atom. The lowest BCUT2D eigenvalue weighted by Crippen LogP contribution is -2.51. The maximum Gasteiger partial charge on any atom is 0.132 e. The molecule has 0 radical (unpaired) electrons. The second kappa shape index (κ2) is 9.14. The van der Waals surface area contributed by atoms with Crippen LogP contribution in [-0.4, -0.2) is 31.5 Å². The fraction of sp³-hybridized carbons (Fsp3) is 0.417. The zero-order valence-corrected chi connectivity index (χ0v) is 16.9. The second-order valence-electron chi connectivity index (χ2n) is 7.45. The van der Waals surface area contributed by atoms with Crippen molar-refractivity contribution in [2.24, 2.45) is 0 Å². The molecular formula is C24H29NO3. The number of nitrogens with one attached hydrogen (secondary N) is 1. The van der Waals surface area contributed by atoms with Gasteiger partial charge in [0.1, 0.15) is 30.2 Å². The number of rotatable bonds is 8. The summed E-state index contributed by atoms with van der Waals surface area (Å²) in [6, 6.07) is 16.5. The number of fused-ring (bicyclic) bond motifs is 1. The van der Waals surface area contributed by atoms with Gasteiger partial charge < -0.3 is 19.5 Å². The van der Waals surface area contributed by atoms with Gasteiger partial charge in [0.15, 0.2) is 0 Å². The minimum absolute atomic E-state index is 0.220. The van der Waals surface area contributed by atoms with Crippen molar-refractivity contribution in [3.05, 3.63) is 59.7 Å². The van der Waals surface area contributed by atoms with Crippen LogP contribution < -0.4 is 10.1 Å². The maximum absolute atomic E-state index is 6.39. The Labute approximate surface area is 168 Å². The molecule has 0 aromatic heterocycles. The molecule has 0 spiro atoms. The molecule has 0 aliphatic carbocycles. The van der Waals surface area contributed by atoms with Crippen LogP contribution >= 0.6 is 0 Å². The smallest absolute Gasteiger partial charge is 0.132 e. The molecule has 2 unspecified atom stereocenters. The van der Waals surface area contributed by atoms with Crippen LogP contribution in [0.5, 0.6) is 5.75 Å². The van der Waals surface area contributed by atoms with Crippen molar-refractivity contribution in [1.82, 2.24) is 0 Å². The van der Waals surface area contributed by atoms with Crippen LogP contribution in [-0.2, 0) is 15.9 Å². The molecule has 2 atom stereocenters. The van der Waals surface area contributed by atoms with Crippen molar-refractivity contribution in [2.75, 3.05) is 25.1 Å². The van der Waals surface area contributed by atoms with Crippen LogP contribution in [0.2, 0.25) is 0 Å². The highest BCUT2D eigenvalue weighted by atomic mass is 16.6. The molecule has 0 bridgehead atoms. The molecule has 3 rings (SSSR count). The molecule has 2 aromatic rings. The predicted molar refractivity (Wildman–Crippen MR) is 113 cm³/mol. The number of ether oxygens (including phenoxy) is 3. The summed E-state index contributed by atoms with van der Waals surface area (Å²) in [4.78, 5) is 0. The summed E-state index contributed by atoms with van der Waals surface area (Å²) in [6.45, 7) is 7.77. The van der Waals surface area contributed by atoms with Crippen molar-refractivity contribution >= 4 is 5.69 Å². The second-order valence-corrected chi connectivity index (χ2v) is 7.45. The van der Waals surface area contributed by atoms with Crippen LogP contribution in [0.4, 0.5) is 5.69 Å². The van der Waals surface area contributed by atoms with E-state index in [0.29, 0.717) is 6.61 Å². The molecule has 1 aliphatic rings. The highest BCUT2D eigenvalue weighted by Gasteiger charge is 2.45. The Morgan fingerprint density at radius 2 is 1.93 bits per heavy atom. The summed E-state index contributed by atoms with van der Waals surface area (Å²) in [5, 5.41) is 3.35. The van der Waals surface area contributed by atoms with Crippen LogP contribution in [0.15, 0.2) is 48.5 Å². The van der Waals surface area contributed by atoms with E-state index in [1.807, 2.05) is 44.2 Å². The molecule has 148 valence electrons. The number of hydrogen-bond acceptors (Lipinski definition) is 4. The first-order chi connectivity index (χ1) is 13.5. The molecule has 1 aliphatic heterocycles. The summed E-state index contributed by atoms with van der Waals surface area (Å²) in [7, 11) is 0.